The molecule has 0 saturated carbocycles. The van der Waals surface area contributed by atoms with E-state index in [0.717, 1.165) is 49.4 Å². The van der Waals surface area contributed by atoms with Crippen LogP contribution < -0.4 is 10.1 Å². The lowest BCUT2D eigenvalue weighted by Crippen LogP contribution is -2.50. The molecule has 3 aromatic rings. The van der Waals surface area contributed by atoms with E-state index in [9.17, 15) is 5.26 Å². The van der Waals surface area contributed by atoms with Crippen molar-refractivity contribution in [2.24, 2.45) is 0 Å². The summed E-state index contributed by atoms with van der Waals surface area (Å²) in [6, 6.07) is 18.0. The third-order valence-corrected chi connectivity index (χ3v) is 6.36. The molecule has 2 saturated heterocycles. The van der Waals surface area contributed by atoms with Gasteiger partial charge in [0.15, 0.2) is 0 Å². The number of nitrogens with one attached hydrogen (secondary N) is 1. The zero-order valence-corrected chi connectivity index (χ0v) is 19.8. The molecule has 2 aliphatic heterocycles. The number of nitriles is 1. The summed E-state index contributed by atoms with van der Waals surface area (Å²) in [6.45, 7) is 4.19. The van der Waals surface area contributed by atoms with Crippen molar-refractivity contribution in [3.8, 4) is 23.1 Å². The van der Waals surface area contributed by atoms with E-state index in [0.29, 0.717) is 36.6 Å². The van der Waals surface area contributed by atoms with Crippen LogP contribution in [0.2, 0.25) is 0 Å². The Morgan fingerprint density at radius 1 is 1.11 bits per heavy atom. The fraction of sp³-hybridized carbons (Fsp3) is 0.370. The molecule has 2 aliphatic rings. The van der Waals surface area contributed by atoms with Gasteiger partial charge in [-0.3, -0.25) is 4.90 Å². The Morgan fingerprint density at radius 2 is 1.97 bits per heavy atom. The Hall–Kier alpha value is -3.51. The highest BCUT2D eigenvalue weighted by Crippen LogP contribution is 2.28. The predicted octanol–water partition coefficient (Wildman–Crippen LogP) is 4.15. The molecule has 0 radical (unpaired) electrons. The largest absolute Gasteiger partial charge is 0.489 e. The van der Waals surface area contributed by atoms with Gasteiger partial charge in [-0.1, -0.05) is 12.1 Å². The van der Waals surface area contributed by atoms with Crippen LogP contribution in [0.1, 0.15) is 24.0 Å². The first-order valence-corrected chi connectivity index (χ1v) is 11.9. The van der Waals surface area contributed by atoms with Gasteiger partial charge in [0.1, 0.15) is 17.9 Å². The van der Waals surface area contributed by atoms with Gasteiger partial charge in [0, 0.05) is 57.0 Å². The fourth-order valence-corrected chi connectivity index (χ4v) is 4.37. The Bertz CT molecular complexity index is 1200. The van der Waals surface area contributed by atoms with Crippen molar-refractivity contribution in [3.05, 3.63) is 65.9 Å². The van der Waals surface area contributed by atoms with E-state index in [1.807, 2.05) is 36.4 Å². The minimum Gasteiger partial charge on any atom is -0.489 e. The minimum atomic E-state index is 0.0785. The number of likely N-dealkylation sites (tertiary alicyclic amines) is 1. The molecule has 35 heavy (non-hydrogen) atoms. The maximum atomic E-state index is 9.70. The number of methoxy groups -OCH3 is 1. The van der Waals surface area contributed by atoms with Crippen molar-refractivity contribution >= 4 is 11.6 Å². The van der Waals surface area contributed by atoms with Crippen LogP contribution in [0, 0.1) is 11.3 Å². The molecule has 0 amide bonds. The number of hydrogen-bond donors (Lipinski definition) is 1. The Balaban J connectivity index is 1.27. The summed E-state index contributed by atoms with van der Waals surface area (Å²) in [4.78, 5) is 11.4. The highest BCUT2D eigenvalue weighted by atomic mass is 16.5. The first-order chi connectivity index (χ1) is 17.2. The average Bonchev–Trinajstić information content (AvgIpc) is 2.87. The van der Waals surface area contributed by atoms with Crippen molar-refractivity contribution in [1.29, 1.82) is 5.26 Å². The van der Waals surface area contributed by atoms with Crippen LogP contribution in [0.15, 0.2) is 54.7 Å². The molecule has 2 fully saturated rings. The third-order valence-electron chi connectivity index (χ3n) is 6.36. The van der Waals surface area contributed by atoms with Gasteiger partial charge < -0.3 is 19.5 Å². The number of anilines is 2. The van der Waals surface area contributed by atoms with Gasteiger partial charge in [-0.05, 0) is 42.0 Å². The van der Waals surface area contributed by atoms with E-state index in [1.165, 1.54) is 5.56 Å². The van der Waals surface area contributed by atoms with Gasteiger partial charge in [-0.2, -0.15) is 5.26 Å². The first-order valence-electron chi connectivity index (χ1n) is 11.9. The van der Waals surface area contributed by atoms with Crippen molar-refractivity contribution in [2.45, 2.75) is 31.6 Å². The molecule has 180 valence electrons. The average molecular weight is 472 g/mol. The summed E-state index contributed by atoms with van der Waals surface area (Å²) in [5.74, 6) is 1.11. The first kappa shape index (κ1) is 23.2. The quantitative estimate of drug-likeness (QED) is 0.524. The molecule has 0 aliphatic carbocycles. The zero-order valence-electron chi connectivity index (χ0n) is 19.8. The second-order valence-corrected chi connectivity index (χ2v) is 8.89. The fourth-order valence-electron chi connectivity index (χ4n) is 4.37. The minimum absolute atomic E-state index is 0.0785. The summed E-state index contributed by atoms with van der Waals surface area (Å²) in [5, 5.41) is 13.0. The molecular weight excluding hydrogens is 442 g/mol. The summed E-state index contributed by atoms with van der Waals surface area (Å²) < 4.78 is 16.8. The number of hydrogen-bond acceptors (Lipinski definition) is 8. The number of benzene rings is 2. The topological polar surface area (TPSA) is 92.5 Å². The molecular formula is C27H29N5O3. The maximum Gasteiger partial charge on any atom is 0.227 e. The number of aromatic nitrogens is 2. The summed E-state index contributed by atoms with van der Waals surface area (Å²) in [5.41, 5.74) is 4.22. The molecule has 0 bridgehead atoms. The Morgan fingerprint density at radius 3 is 2.77 bits per heavy atom. The molecule has 0 spiro atoms. The van der Waals surface area contributed by atoms with Crippen LogP contribution >= 0.6 is 0 Å². The summed E-state index contributed by atoms with van der Waals surface area (Å²) >= 11 is 0. The molecule has 0 unspecified atom stereocenters. The van der Waals surface area contributed by atoms with E-state index < -0.39 is 0 Å². The summed E-state index contributed by atoms with van der Waals surface area (Å²) in [6.07, 6.45) is 3.81. The van der Waals surface area contributed by atoms with Gasteiger partial charge in [-0.15, -0.1) is 0 Å². The number of nitrogens with zero attached hydrogens (tertiary/aromatic N) is 4. The molecule has 8 heteroatoms. The van der Waals surface area contributed by atoms with Gasteiger partial charge in [0.25, 0.3) is 0 Å². The van der Waals surface area contributed by atoms with E-state index in [1.54, 1.807) is 13.3 Å². The van der Waals surface area contributed by atoms with Crippen molar-refractivity contribution in [1.82, 2.24) is 14.9 Å². The van der Waals surface area contributed by atoms with E-state index in [4.69, 9.17) is 14.2 Å². The van der Waals surface area contributed by atoms with Crippen LogP contribution in [-0.4, -0.2) is 60.5 Å². The van der Waals surface area contributed by atoms with Gasteiger partial charge >= 0.3 is 0 Å². The Kier molecular flexibility index (Phi) is 7.19. The third kappa shape index (κ3) is 5.77. The number of rotatable bonds is 8. The van der Waals surface area contributed by atoms with Gasteiger partial charge in [0.2, 0.25) is 5.95 Å². The lowest BCUT2D eigenvalue weighted by atomic mass is 10.1. The van der Waals surface area contributed by atoms with Crippen LogP contribution in [0.5, 0.6) is 5.75 Å². The molecule has 2 aromatic carbocycles. The van der Waals surface area contributed by atoms with Crippen molar-refractivity contribution < 1.29 is 14.2 Å². The molecule has 1 N–H and O–H groups in total. The lowest BCUT2D eigenvalue weighted by molar-refractivity contribution is -0.0333. The van der Waals surface area contributed by atoms with E-state index in [-0.39, 0.29) is 6.10 Å². The second kappa shape index (κ2) is 10.8. The monoisotopic (exact) mass is 471 g/mol. The zero-order chi connectivity index (χ0) is 24.0. The standard InChI is InChI=1S/C27H29N5O3/c1-33-24-17-32(18-24)16-19-3-2-4-22(13-19)30-27-29-10-7-25(31-27)20-5-6-26(21(14-20)15-28)35-23-8-11-34-12-9-23/h2-7,10,13-14,23-24H,8-9,11-12,16-18H2,1H3,(H,29,30,31). The molecule has 8 nitrogen and oxygen atoms in total. The smallest absolute Gasteiger partial charge is 0.227 e. The molecule has 1 aromatic heterocycles. The molecule has 5 rings (SSSR count). The lowest BCUT2D eigenvalue weighted by Gasteiger charge is -2.38. The van der Waals surface area contributed by atoms with Gasteiger partial charge in [-0.25, -0.2) is 9.97 Å². The van der Waals surface area contributed by atoms with Gasteiger partial charge in [0.05, 0.1) is 30.6 Å². The van der Waals surface area contributed by atoms with Crippen LogP contribution in [0.3, 0.4) is 0 Å². The second-order valence-electron chi connectivity index (χ2n) is 8.89. The van der Waals surface area contributed by atoms with Crippen LogP contribution in [0.4, 0.5) is 11.6 Å². The molecule has 3 heterocycles. The SMILES string of the molecule is COC1CN(Cc2cccc(Nc3nccc(-c4ccc(OC5CCOCC5)c(C#N)c4)n3)c2)C1. The predicted molar refractivity (Wildman–Crippen MR) is 132 cm³/mol. The Labute approximate surface area is 205 Å². The van der Waals surface area contributed by atoms with Crippen molar-refractivity contribution in [2.75, 3.05) is 38.7 Å². The normalized spacial score (nSPS) is 16.9. The van der Waals surface area contributed by atoms with Crippen LogP contribution in [-0.2, 0) is 16.0 Å². The molecule has 0 atom stereocenters. The van der Waals surface area contributed by atoms with E-state index in [2.05, 4.69) is 38.4 Å². The highest BCUT2D eigenvalue weighted by molar-refractivity contribution is 5.66. The maximum absolute atomic E-state index is 9.70. The highest BCUT2D eigenvalue weighted by Gasteiger charge is 2.26. The van der Waals surface area contributed by atoms with Crippen molar-refractivity contribution in [3.63, 3.8) is 0 Å². The number of ether oxygens (including phenoxy) is 3. The van der Waals surface area contributed by atoms with Crippen LogP contribution in [0.25, 0.3) is 11.3 Å². The summed E-state index contributed by atoms with van der Waals surface area (Å²) in [7, 11) is 1.76. The van der Waals surface area contributed by atoms with E-state index >= 15 is 0 Å².